The normalized spacial score (nSPS) is 12.5. The number of carboxylic acids is 1. The van der Waals surface area contributed by atoms with Gasteiger partial charge in [0.25, 0.3) is 0 Å². The summed E-state index contributed by atoms with van der Waals surface area (Å²) in [7, 11) is 0. The third-order valence-corrected chi connectivity index (χ3v) is 2.35. The molecule has 0 aliphatic heterocycles. The molecule has 1 rings (SSSR count). The van der Waals surface area contributed by atoms with E-state index in [0.29, 0.717) is 6.07 Å². The van der Waals surface area contributed by atoms with Crippen molar-refractivity contribution in [1.29, 1.82) is 0 Å². The van der Waals surface area contributed by atoms with Crippen LogP contribution in [0.25, 0.3) is 0 Å². The van der Waals surface area contributed by atoms with Crippen molar-refractivity contribution in [2.45, 2.75) is 12.3 Å². The molecule has 0 spiro atoms. The molecule has 0 aliphatic carbocycles. The van der Waals surface area contributed by atoms with Gasteiger partial charge < -0.3 is 5.11 Å². The van der Waals surface area contributed by atoms with Crippen LogP contribution >= 0.6 is 11.6 Å². The molecule has 0 aromatic heterocycles. The van der Waals surface area contributed by atoms with E-state index in [1.807, 2.05) is 0 Å². The van der Waals surface area contributed by atoms with E-state index in [1.54, 1.807) is 0 Å². The highest BCUT2D eigenvalue weighted by atomic mass is 35.5. The van der Waals surface area contributed by atoms with Crippen LogP contribution in [0, 0.1) is 17.5 Å². The van der Waals surface area contributed by atoms with Crippen molar-refractivity contribution in [3.63, 3.8) is 0 Å². The van der Waals surface area contributed by atoms with Gasteiger partial charge in [0, 0.05) is 11.4 Å². The van der Waals surface area contributed by atoms with E-state index in [0.717, 1.165) is 6.07 Å². The van der Waals surface area contributed by atoms with Crippen LogP contribution in [0.1, 0.15) is 17.9 Å². The summed E-state index contributed by atoms with van der Waals surface area (Å²) in [6.45, 7) is 0. The number of alkyl halides is 1. The maximum absolute atomic E-state index is 13.3. The molecule has 2 nitrogen and oxygen atoms in total. The summed E-state index contributed by atoms with van der Waals surface area (Å²) in [6.07, 6.45) is -0.0567. The Kier molecular flexibility index (Phi) is 4.18. The molecule has 1 aromatic carbocycles. The molecular weight excluding hydrogens is 245 g/mol. The fourth-order valence-corrected chi connectivity index (χ4v) is 1.55. The zero-order valence-corrected chi connectivity index (χ0v) is 8.77. The number of hydrogen-bond donors (Lipinski definition) is 1. The SMILES string of the molecule is O=C(O)C(CCCl)c1ccc(F)c(F)c1F. The highest BCUT2D eigenvalue weighted by Crippen LogP contribution is 2.26. The fourth-order valence-electron chi connectivity index (χ4n) is 1.33. The molecule has 16 heavy (non-hydrogen) atoms. The molecule has 0 saturated heterocycles. The van der Waals surface area contributed by atoms with Gasteiger partial charge in [-0.15, -0.1) is 11.6 Å². The minimum absolute atomic E-state index is 0.0185. The molecule has 0 radical (unpaired) electrons. The van der Waals surface area contributed by atoms with Gasteiger partial charge in [-0.2, -0.15) is 0 Å². The fraction of sp³-hybridized carbons (Fsp3) is 0.300. The van der Waals surface area contributed by atoms with Crippen molar-refractivity contribution >= 4 is 17.6 Å². The average molecular weight is 253 g/mol. The Hall–Kier alpha value is -1.23. The predicted molar refractivity (Wildman–Crippen MR) is 52.0 cm³/mol. The Bertz CT molecular complexity index is 409. The number of halogens is 4. The molecule has 6 heteroatoms. The van der Waals surface area contributed by atoms with Crippen molar-refractivity contribution in [1.82, 2.24) is 0 Å². The van der Waals surface area contributed by atoms with Crippen LogP contribution in [-0.4, -0.2) is 17.0 Å². The van der Waals surface area contributed by atoms with E-state index < -0.39 is 34.9 Å². The van der Waals surface area contributed by atoms with Gasteiger partial charge in [0.2, 0.25) is 0 Å². The first-order valence-electron chi connectivity index (χ1n) is 4.41. The lowest BCUT2D eigenvalue weighted by Gasteiger charge is -2.12. The van der Waals surface area contributed by atoms with Crippen LogP contribution in [0.2, 0.25) is 0 Å². The zero-order chi connectivity index (χ0) is 12.3. The van der Waals surface area contributed by atoms with Crippen molar-refractivity contribution in [3.8, 4) is 0 Å². The first kappa shape index (κ1) is 12.8. The molecule has 0 fully saturated rings. The summed E-state index contributed by atoms with van der Waals surface area (Å²) in [5, 5.41) is 8.80. The lowest BCUT2D eigenvalue weighted by atomic mass is 9.96. The van der Waals surface area contributed by atoms with Crippen molar-refractivity contribution in [3.05, 3.63) is 35.1 Å². The molecule has 0 aliphatic rings. The van der Waals surface area contributed by atoms with Gasteiger partial charge in [-0.05, 0) is 12.5 Å². The standard InChI is InChI=1S/C10H8ClF3O2/c11-4-3-6(10(15)16)5-1-2-7(12)9(14)8(5)13/h1-2,6H,3-4H2,(H,15,16). The Labute approximate surface area is 94.6 Å². The summed E-state index contributed by atoms with van der Waals surface area (Å²) in [5.74, 6) is -7.11. The molecule has 1 atom stereocenters. The highest BCUT2D eigenvalue weighted by Gasteiger charge is 2.25. The Morgan fingerprint density at radius 3 is 2.44 bits per heavy atom. The second kappa shape index (κ2) is 5.21. The number of benzene rings is 1. The zero-order valence-electron chi connectivity index (χ0n) is 8.01. The highest BCUT2D eigenvalue weighted by molar-refractivity contribution is 6.18. The quantitative estimate of drug-likeness (QED) is 0.661. The number of hydrogen-bond acceptors (Lipinski definition) is 1. The molecule has 0 heterocycles. The minimum atomic E-state index is -1.67. The maximum atomic E-state index is 13.3. The third kappa shape index (κ3) is 2.47. The Balaban J connectivity index is 3.20. The van der Waals surface area contributed by atoms with E-state index in [4.69, 9.17) is 16.7 Å². The van der Waals surface area contributed by atoms with Gasteiger partial charge in [0.05, 0.1) is 5.92 Å². The first-order chi connectivity index (χ1) is 7.49. The van der Waals surface area contributed by atoms with E-state index in [-0.39, 0.29) is 12.3 Å². The summed E-state index contributed by atoms with van der Waals surface area (Å²) in [6, 6.07) is 1.61. The van der Waals surface area contributed by atoms with E-state index >= 15 is 0 Å². The number of rotatable bonds is 4. The molecule has 1 unspecified atom stereocenters. The van der Waals surface area contributed by atoms with Crippen LogP contribution in [0.15, 0.2) is 12.1 Å². The second-order valence-corrected chi connectivity index (χ2v) is 3.51. The van der Waals surface area contributed by atoms with Crippen molar-refractivity contribution in [2.24, 2.45) is 0 Å². The smallest absolute Gasteiger partial charge is 0.311 e. The monoisotopic (exact) mass is 252 g/mol. The minimum Gasteiger partial charge on any atom is -0.481 e. The summed E-state index contributed by atoms with van der Waals surface area (Å²) < 4.78 is 38.8. The molecule has 1 aromatic rings. The molecular formula is C10H8ClF3O2. The van der Waals surface area contributed by atoms with Crippen molar-refractivity contribution in [2.75, 3.05) is 5.88 Å². The van der Waals surface area contributed by atoms with Crippen LogP contribution in [-0.2, 0) is 4.79 Å². The molecule has 1 N–H and O–H groups in total. The first-order valence-corrected chi connectivity index (χ1v) is 4.94. The average Bonchev–Trinajstić information content (AvgIpc) is 2.24. The number of carboxylic acid groups (broad SMARTS) is 1. The van der Waals surface area contributed by atoms with Crippen LogP contribution in [0.4, 0.5) is 13.2 Å². The van der Waals surface area contributed by atoms with E-state index in [2.05, 4.69) is 0 Å². The van der Waals surface area contributed by atoms with Gasteiger partial charge in [-0.3, -0.25) is 4.79 Å². The molecule has 0 bridgehead atoms. The summed E-state index contributed by atoms with van der Waals surface area (Å²) in [5.41, 5.74) is -0.396. The topological polar surface area (TPSA) is 37.3 Å². The summed E-state index contributed by atoms with van der Waals surface area (Å²) >= 11 is 5.36. The Morgan fingerprint density at radius 1 is 1.31 bits per heavy atom. The maximum Gasteiger partial charge on any atom is 0.311 e. The second-order valence-electron chi connectivity index (χ2n) is 3.13. The van der Waals surface area contributed by atoms with E-state index in [1.165, 1.54) is 0 Å². The lowest BCUT2D eigenvalue weighted by Crippen LogP contribution is -2.15. The summed E-state index contributed by atoms with van der Waals surface area (Å²) in [4.78, 5) is 10.8. The van der Waals surface area contributed by atoms with Gasteiger partial charge in [-0.25, -0.2) is 13.2 Å². The number of aliphatic carboxylic acids is 1. The van der Waals surface area contributed by atoms with Crippen LogP contribution in [0.5, 0.6) is 0 Å². The van der Waals surface area contributed by atoms with Crippen LogP contribution < -0.4 is 0 Å². The van der Waals surface area contributed by atoms with Gasteiger partial charge >= 0.3 is 5.97 Å². The Morgan fingerprint density at radius 2 is 1.94 bits per heavy atom. The number of carbonyl (C=O) groups is 1. The van der Waals surface area contributed by atoms with Gasteiger partial charge in [0.1, 0.15) is 0 Å². The van der Waals surface area contributed by atoms with Crippen LogP contribution in [0.3, 0.4) is 0 Å². The van der Waals surface area contributed by atoms with E-state index in [9.17, 15) is 18.0 Å². The third-order valence-electron chi connectivity index (χ3n) is 2.14. The molecule has 0 saturated carbocycles. The molecule has 0 amide bonds. The predicted octanol–water partition coefficient (Wildman–Crippen LogP) is 2.90. The van der Waals surface area contributed by atoms with Gasteiger partial charge in [-0.1, -0.05) is 6.07 Å². The molecule has 88 valence electrons. The van der Waals surface area contributed by atoms with Crippen molar-refractivity contribution < 1.29 is 23.1 Å². The lowest BCUT2D eigenvalue weighted by molar-refractivity contribution is -0.138. The van der Waals surface area contributed by atoms with Gasteiger partial charge in [0.15, 0.2) is 17.5 Å². The largest absolute Gasteiger partial charge is 0.481 e.